The quantitative estimate of drug-likeness (QED) is 0.671. The Balaban J connectivity index is 2.01. The predicted molar refractivity (Wildman–Crippen MR) is 84.6 cm³/mol. The molecule has 0 aliphatic rings. The molecule has 0 spiro atoms. The molecule has 0 radical (unpaired) electrons. The maximum Gasteiger partial charge on any atom is 0.258 e. The van der Waals surface area contributed by atoms with Crippen molar-refractivity contribution in [3.05, 3.63) is 51.5 Å². The number of halogens is 3. The maximum atomic E-state index is 6.12. The Morgan fingerprint density at radius 2 is 1.76 bits per heavy atom. The van der Waals surface area contributed by atoms with Crippen LogP contribution in [-0.2, 0) is 0 Å². The second-order valence-electron chi connectivity index (χ2n) is 4.28. The average molecular weight is 341 g/mol. The number of nitrogens with zero attached hydrogens (tertiary/aromatic N) is 2. The van der Waals surface area contributed by atoms with E-state index in [-0.39, 0.29) is 0 Å². The molecule has 0 saturated heterocycles. The fourth-order valence-corrected chi connectivity index (χ4v) is 2.41. The van der Waals surface area contributed by atoms with Crippen LogP contribution >= 0.6 is 34.8 Å². The highest BCUT2D eigenvalue weighted by molar-refractivity contribution is 6.36. The first-order valence-corrected chi connectivity index (χ1v) is 7.02. The van der Waals surface area contributed by atoms with Gasteiger partial charge in [-0.25, -0.2) is 0 Å². The van der Waals surface area contributed by atoms with Crippen LogP contribution < -0.4 is 5.73 Å². The van der Waals surface area contributed by atoms with Gasteiger partial charge in [-0.2, -0.15) is 4.98 Å². The van der Waals surface area contributed by atoms with Gasteiger partial charge in [-0.15, -0.1) is 0 Å². The van der Waals surface area contributed by atoms with Crippen LogP contribution in [0.3, 0.4) is 0 Å². The van der Waals surface area contributed by atoms with Crippen molar-refractivity contribution < 1.29 is 4.52 Å². The Morgan fingerprint density at radius 3 is 2.48 bits per heavy atom. The monoisotopic (exact) mass is 339 g/mol. The first-order valence-electron chi connectivity index (χ1n) is 5.89. The van der Waals surface area contributed by atoms with E-state index in [0.717, 1.165) is 0 Å². The molecule has 21 heavy (non-hydrogen) atoms. The predicted octanol–water partition coefficient (Wildman–Crippen LogP) is 4.95. The first-order chi connectivity index (χ1) is 10.0. The highest BCUT2D eigenvalue weighted by atomic mass is 35.5. The third kappa shape index (κ3) is 2.83. The molecule has 0 saturated carbocycles. The van der Waals surface area contributed by atoms with E-state index < -0.39 is 0 Å². The molecule has 0 atom stereocenters. The molecule has 2 aromatic carbocycles. The molecule has 1 heterocycles. The van der Waals surface area contributed by atoms with Crippen molar-refractivity contribution in [3.63, 3.8) is 0 Å². The fourth-order valence-electron chi connectivity index (χ4n) is 1.80. The zero-order valence-electron chi connectivity index (χ0n) is 10.5. The van der Waals surface area contributed by atoms with Gasteiger partial charge in [0.2, 0.25) is 5.82 Å². The minimum Gasteiger partial charge on any atom is -0.398 e. The number of anilines is 1. The van der Waals surface area contributed by atoms with Crippen LogP contribution in [0.15, 0.2) is 40.9 Å². The summed E-state index contributed by atoms with van der Waals surface area (Å²) in [4.78, 5) is 4.31. The molecule has 0 aliphatic carbocycles. The summed E-state index contributed by atoms with van der Waals surface area (Å²) in [6, 6.07) is 10.2. The lowest BCUT2D eigenvalue weighted by Crippen LogP contribution is -1.87. The highest BCUT2D eigenvalue weighted by Gasteiger charge is 2.14. The summed E-state index contributed by atoms with van der Waals surface area (Å²) in [5.41, 5.74) is 7.52. The topological polar surface area (TPSA) is 64.9 Å². The summed E-state index contributed by atoms with van der Waals surface area (Å²) in [7, 11) is 0. The number of aromatic nitrogens is 2. The second-order valence-corrected chi connectivity index (χ2v) is 5.53. The first kappa shape index (κ1) is 14.2. The van der Waals surface area contributed by atoms with Gasteiger partial charge in [0.25, 0.3) is 5.89 Å². The molecule has 0 amide bonds. The summed E-state index contributed by atoms with van der Waals surface area (Å²) < 4.78 is 5.23. The van der Waals surface area contributed by atoms with E-state index in [9.17, 15) is 0 Å². The number of nitrogens with two attached hydrogens (primary N) is 1. The molecule has 3 rings (SSSR count). The van der Waals surface area contributed by atoms with Gasteiger partial charge >= 0.3 is 0 Å². The molecule has 7 heteroatoms. The van der Waals surface area contributed by atoms with Crippen LogP contribution in [0.1, 0.15) is 0 Å². The Morgan fingerprint density at radius 1 is 0.952 bits per heavy atom. The highest BCUT2D eigenvalue weighted by Crippen LogP contribution is 2.31. The minimum atomic E-state index is 0.333. The summed E-state index contributed by atoms with van der Waals surface area (Å²) in [5.74, 6) is 0.708. The van der Waals surface area contributed by atoms with Crippen molar-refractivity contribution in [3.8, 4) is 22.8 Å². The molecule has 1 aromatic heterocycles. The van der Waals surface area contributed by atoms with Crippen molar-refractivity contribution in [2.24, 2.45) is 0 Å². The number of hydrogen-bond donors (Lipinski definition) is 1. The van der Waals surface area contributed by atoms with E-state index in [1.54, 1.807) is 36.4 Å². The lowest BCUT2D eigenvalue weighted by atomic mass is 10.2. The Labute approximate surface area is 135 Å². The normalized spacial score (nSPS) is 10.8. The van der Waals surface area contributed by atoms with Crippen molar-refractivity contribution in [1.29, 1.82) is 0 Å². The van der Waals surface area contributed by atoms with E-state index in [4.69, 9.17) is 45.1 Å². The van der Waals surface area contributed by atoms with E-state index in [1.165, 1.54) is 0 Å². The SMILES string of the molecule is Nc1cc(-c2nc(-c3ccc(Cl)cc3Cl)no2)ccc1Cl. The second kappa shape index (κ2) is 5.56. The zero-order chi connectivity index (χ0) is 15.0. The molecule has 2 N–H and O–H groups in total. The van der Waals surface area contributed by atoms with Gasteiger partial charge in [0.1, 0.15) is 0 Å². The van der Waals surface area contributed by atoms with Crippen LogP contribution in [0.2, 0.25) is 15.1 Å². The smallest absolute Gasteiger partial charge is 0.258 e. The lowest BCUT2D eigenvalue weighted by molar-refractivity contribution is 0.432. The minimum absolute atomic E-state index is 0.333. The average Bonchev–Trinajstić information content (AvgIpc) is 2.91. The molecule has 106 valence electrons. The van der Waals surface area contributed by atoms with Gasteiger partial charge in [-0.05, 0) is 36.4 Å². The van der Waals surface area contributed by atoms with E-state index in [0.29, 0.717) is 43.6 Å². The summed E-state index contributed by atoms with van der Waals surface area (Å²) >= 11 is 17.9. The van der Waals surface area contributed by atoms with Crippen molar-refractivity contribution in [2.75, 3.05) is 5.73 Å². The molecule has 0 aliphatic heterocycles. The largest absolute Gasteiger partial charge is 0.398 e. The third-order valence-corrected chi connectivity index (χ3v) is 3.73. The standard InChI is InChI=1S/C14H8Cl3N3O/c15-8-2-3-9(11(17)6-8)13-19-14(21-20-13)7-1-4-10(16)12(18)5-7/h1-6H,18H2. The molecular weight excluding hydrogens is 333 g/mol. The van der Waals surface area contributed by atoms with Gasteiger partial charge < -0.3 is 10.3 Å². The van der Waals surface area contributed by atoms with Crippen molar-refractivity contribution in [1.82, 2.24) is 10.1 Å². The Hall–Kier alpha value is -1.75. The van der Waals surface area contributed by atoms with E-state index in [1.807, 2.05) is 0 Å². The van der Waals surface area contributed by atoms with Crippen molar-refractivity contribution >= 4 is 40.5 Å². The van der Waals surface area contributed by atoms with Crippen molar-refractivity contribution in [2.45, 2.75) is 0 Å². The van der Waals surface area contributed by atoms with Crippen LogP contribution in [-0.4, -0.2) is 10.1 Å². The summed E-state index contributed by atoms with van der Waals surface area (Å²) in [6.45, 7) is 0. The lowest BCUT2D eigenvalue weighted by Gasteiger charge is -1.99. The number of benzene rings is 2. The zero-order valence-corrected chi connectivity index (χ0v) is 12.7. The molecule has 4 nitrogen and oxygen atoms in total. The van der Waals surface area contributed by atoms with Gasteiger partial charge in [-0.3, -0.25) is 0 Å². The number of hydrogen-bond acceptors (Lipinski definition) is 4. The number of nitrogen functional groups attached to an aromatic ring is 1. The van der Waals surface area contributed by atoms with Crippen LogP contribution in [0.25, 0.3) is 22.8 Å². The van der Waals surface area contributed by atoms with Gasteiger partial charge in [0.05, 0.1) is 15.7 Å². The van der Waals surface area contributed by atoms with Gasteiger partial charge in [0.15, 0.2) is 0 Å². The summed E-state index contributed by atoms with van der Waals surface area (Å²) in [6.07, 6.45) is 0. The fraction of sp³-hybridized carbons (Fsp3) is 0. The van der Waals surface area contributed by atoms with Crippen LogP contribution in [0.5, 0.6) is 0 Å². The van der Waals surface area contributed by atoms with Crippen LogP contribution in [0, 0.1) is 0 Å². The molecule has 0 fully saturated rings. The third-order valence-electron chi connectivity index (χ3n) is 2.84. The Bertz CT molecular complexity index is 817. The Kier molecular flexibility index (Phi) is 3.76. The molecular formula is C14H8Cl3N3O. The van der Waals surface area contributed by atoms with Crippen LogP contribution in [0.4, 0.5) is 5.69 Å². The van der Waals surface area contributed by atoms with E-state index >= 15 is 0 Å². The summed E-state index contributed by atoms with van der Waals surface area (Å²) in [5, 5.41) is 5.38. The van der Waals surface area contributed by atoms with Gasteiger partial charge in [0, 0.05) is 16.1 Å². The molecule has 0 unspecified atom stereocenters. The van der Waals surface area contributed by atoms with E-state index in [2.05, 4.69) is 10.1 Å². The van der Waals surface area contributed by atoms with Gasteiger partial charge in [-0.1, -0.05) is 40.0 Å². The number of rotatable bonds is 2. The molecule has 0 bridgehead atoms. The maximum absolute atomic E-state index is 6.12. The molecule has 3 aromatic rings.